The molecule has 0 N–H and O–H groups in total. The molecule has 0 unspecified atom stereocenters. The lowest BCUT2D eigenvalue weighted by atomic mass is 10.1. The van der Waals surface area contributed by atoms with E-state index in [0.29, 0.717) is 11.5 Å². The number of nitrogens with zero attached hydrogens (tertiary/aromatic N) is 4. The van der Waals surface area contributed by atoms with Crippen molar-refractivity contribution in [3.63, 3.8) is 0 Å². The van der Waals surface area contributed by atoms with Gasteiger partial charge in [0.15, 0.2) is 0 Å². The average molecular weight is 389 g/mol. The summed E-state index contributed by atoms with van der Waals surface area (Å²) in [5.74, 6) is -1.12. The van der Waals surface area contributed by atoms with Crippen LogP contribution in [-0.4, -0.2) is 34.2 Å². The normalized spacial score (nSPS) is 15.0. The number of aliphatic carboxylic acids is 1. The molecule has 1 aliphatic rings. The van der Waals surface area contributed by atoms with E-state index in [1.165, 1.54) is 18.2 Å². The van der Waals surface area contributed by atoms with Crippen molar-refractivity contribution in [3.8, 4) is 0 Å². The maximum absolute atomic E-state index is 11.6. The first-order chi connectivity index (χ1) is 12.9. The van der Waals surface area contributed by atoms with Gasteiger partial charge in [0.05, 0.1) is 10.9 Å². The van der Waals surface area contributed by atoms with Crippen molar-refractivity contribution in [3.05, 3.63) is 44.7 Å². The van der Waals surface area contributed by atoms with Gasteiger partial charge >= 0.3 is 0 Å². The van der Waals surface area contributed by atoms with E-state index in [9.17, 15) is 20.0 Å². The molecule has 9 nitrogen and oxygen atoms in total. The number of rotatable bonds is 6. The fraction of sp³-hybridized carbons (Fsp3) is 0.353. The molecule has 1 aliphatic heterocycles. The SMILES string of the molecule is Cc1nnc(S/C(=C/c2cc([N+](=O)[O-])ccc2N2CCCCC2)C(=O)[O-])o1. The number of aromatic nitrogens is 2. The average Bonchev–Trinajstić information content (AvgIpc) is 3.06. The highest BCUT2D eigenvalue weighted by Crippen LogP contribution is 2.33. The lowest BCUT2D eigenvalue weighted by molar-refractivity contribution is -0.384. The fourth-order valence-electron chi connectivity index (χ4n) is 2.88. The zero-order valence-corrected chi connectivity index (χ0v) is 15.4. The minimum Gasteiger partial charge on any atom is -0.544 e. The van der Waals surface area contributed by atoms with Crippen LogP contribution in [0.4, 0.5) is 11.4 Å². The van der Waals surface area contributed by atoms with Gasteiger partial charge in [-0.25, -0.2) is 0 Å². The number of piperidine rings is 1. The number of hydrogen-bond donors (Lipinski definition) is 0. The lowest BCUT2D eigenvalue weighted by Crippen LogP contribution is -2.30. The fourth-order valence-corrected chi connectivity index (χ4v) is 3.58. The second kappa shape index (κ2) is 8.21. The summed E-state index contributed by atoms with van der Waals surface area (Å²) in [4.78, 5) is 24.2. The number of carbonyl (C=O) groups excluding carboxylic acids is 1. The van der Waals surface area contributed by atoms with E-state index in [4.69, 9.17) is 4.42 Å². The van der Waals surface area contributed by atoms with Crippen LogP contribution in [0, 0.1) is 17.0 Å². The molecule has 0 spiro atoms. The van der Waals surface area contributed by atoms with Crippen molar-refractivity contribution < 1.29 is 19.2 Å². The molecule has 0 saturated carbocycles. The van der Waals surface area contributed by atoms with Gasteiger partial charge in [-0.3, -0.25) is 10.1 Å². The number of carboxylic acids is 1. The van der Waals surface area contributed by atoms with E-state index >= 15 is 0 Å². The molecule has 0 amide bonds. The summed E-state index contributed by atoms with van der Waals surface area (Å²) in [7, 11) is 0. The third-order valence-electron chi connectivity index (χ3n) is 4.11. The van der Waals surface area contributed by atoms with Crippen LogP contribution in [0.5, 0.6) is 0 Å². The summed E-state index contributed by atoms with van der Waals surface area (Å²) in [5.41, 5.74) is 1.08. The summed E-state index contributed by atoms with van der Waals surface area (Å²) in [5, 5.41) is 30.2. The predicted octanol–water partition coefficient (Wildman–Crippen LogP) is 2.16. The Morgan fingerprint density at radius 1 is 1.30 bits per heavy atom. The standard InChI is InChI=1S/C17H18N4O5S/c1-11-18-19-17(26-11)27-15(16(22)23)10-12-9-13(21(24)25)5-6-14(12)20-7-3-2-4-8-20/h5-6,9-10H,2-4,7-8H2,1H3,(H,22,23)/p-1/b15-10+. The Morgan fingerprint density at radius 2 is 2.04 bits per heavy atom. The van der Waals surface area contributed by atoms with Crippen molar-refractivity contribution in [2.75, 3.05) is 18.0 Å². The van der Waals surface area contributed by atoms with Crippen molar-refractivity contribution in [1.29, 1.82) is 0 Å². The zero-order chi connectivity index (χ0) is 19.4. The maximum atomic E-state index is 11.6. The van der Waals surface area contributed by atoms with Crippen LogP contribution in [0.25, 0.3) is 6.08 Å². The smallest absolute Gasteiger partial charge is 0.281 e. The highest BCUT2D eigenvalue weighted by Gasteiger charge is 2.18. The summed E-state index contributed by atoms with van der Waals surface area (Å²) < 4.78 is 5.20. The Balaban J connectivity index is 2.01. The van der Waals surface area contributed by atoms with Crippen LogP contribution in [0.15, 0.2) is 32.7 Å². The predicted molar refractivity (Wildman–Crippen MR) is 97.0 cm³/mol. The number of anilines is 1. The molecule has 142 valence electrons. The quantitative estimate of drug-likeness (QED) is 0.316. The van der Waals surface area contributed by atoms with Crippen LogP contribution in [-0.2, 0) is 4.79 Å². The highest BCUT2D eigenvalue weighted by molar-refractivity contribution is 8.03. The Labute approximate surface area is 159 Å². The molecular formula is C17H17N4O5S-. The molecule has 2 aromatic rings. The van der Waals surface area contributed by atoms with Crippen molar-refractivity contribution in [2.24, 2.45) is 0 Å². The molecule has 10 heteroatoms. The highest BCUT2D eigenvalue weighted by atomic mass is 32.2. The van der Waals surface area contributed by atoms with Gasteiger partial charge in [0, 0.05) is 48.3 Å². The molecule has 1 aromatic heterocycles. The second-order valence-corrected chi connectivity index (χ2v) is 7.03. The van der Waals surface area contributed by atoms with Crippen LogP contribution in [0.1, 0.15) is 30.7 Å². The van der Waals surface area contributed by atoms with Gasteiger partial charge in [0.2, 0.25) is 5.89 Å². The van der Waals surface area contributed by atoms with E-state index in [1.807, 2.05) is 0 Å². The minimum absolute atomic E-state index is 0.0629. The number of nitro groups is 1. The van der Waals surface area contributed by atoms with Crippen LogP contribution in [0.2, 0.25) is 0 Å². The Bertz CT molecular complexity index is 889. The summed E-state index contributed by atoms with van der Waals surface area (Å²) in [6.45, 7) is 3.22. The molecule has 2 heterocycles. The van der Waals surface area contributed by atoms with Gasteiger partial charge in [-0.2, -0.15) is 0 Å². The number of non-ortho nitro benzene ring substituents is 1. The molecule has 0 aliphatic carbocycles. The number of aryl methyl sites for hydroxylation is 1. The maximum Gasteiger partial charge on any atom is 0.281 e. The first kappa shape index (κ1) is 18.9. The molecule has 0 atom stereocenters. The molecule has 0 bridgehead atoms. The molecule has 3 rings (SSSR count). The summed E-state index contributed by atoms with van der Waals surface area (Å²) in [6.07, 6.45) is 4.52. The third-order valence-corrected chi connectivity index (χ3v) is 4.96. The Kier molecular flexibility index (Phi) is 5.75. The van der Waals surface area contributed by atoms with Crippen molar-refractivity contribution in [2.45, 2.75) is 31.4 Å². The Hall–Kier alpha value is -2.88. The number of carboxylic acid groups (broad SMARTS) is 1. The van der Waals surface area contributed by atoms with E-state index in [1.54, 1.807) is 13.0 Å². The second-order valence-electron chi connectivity index (χ2n) is 6.03. The summed E-state index contributed by atoms with van der Waals surface area (Å²) >= 11 is 0.753. The van der Waals surface area contributed by atoms with E-state index < -0.39 is 10.9 Å². The first-order valence-corrected chi connectivity index (χ1v) is 9.20. The molecule has 0 radical (unpaired) electrons. The molecule has 27 heavy (non-hydrogen) atoms. The summed E-state index contributed by atoms with van der Waals surface area (Å²) in [6, 6.07) is 4.45. The van der Waals surface area contributed by atoms with E-state index in [2.05, 4.69) is 15.1 Å². The van der Waals surface area contributed by atoms with Gasteiger partial charge in [0.25, 0.3) is 10.9 Å². The lowest BCUT2D eigenvalue weighted by Gasteiger charge is -2.30. The van der Waals surface area contributed by atoms with Gasteiger partial charge < -0.3 is 19.2 Å². The molecular weight excluding hydrogens is 372 g/mol. The molecule has 1 fully saturated rings. The number of benzene rings is 1. The van der Waals surface area contributed by atoms with Crippen LogP contribution >= 0.6 is 11.8 Å². The number of carbonyl (C=O) groups is 1. The van der Waals surface area contributed by atoms with Crippen molar-refractivity contribution >= 4 is 35.2 Å². The monoisotopic (exact) mass is 389 g/mol. The van der Waals surface area contributed by atoms with E-state index in [0.717, 1.165) is 49.8 Å². The largest absolute Gasteiger partial charge is 0.544 e. The zero-order valence-electron chi connectivity index (χ0n) is 14.6. The van der Waals surface area contributed by atoms with Crippen LogP contribution < -0.4 is 10.0 Å². The van der Waals surface area contributed by atoms with Crippen LogP contribution in [0.3, 0.4) is 0 Å². The number of nitro benzene ring substituents is 1. The molecule has 1 saturated heterocycles. The van der Waals surface area contributed by atoms with Gasteiger partial charge in [-0.05, 0) is 43.2 Å². The van der Waals surface area contributed by atoms with Gasteiger partial charge in [-0.15, -0.1) is 10.2 Å². The number of thioether (sulfide) groups is 1. The number of hydrogen-bond acceptors (Lipinski definition) is 9. The minimum atomic E-state index is -1.42. The van der Waals surface area contributed by atoms with Gasteiger partial charge in [0.1, 0.15) is 0 Å². The topological polar surface area (TPSA) is 125 Å². The van der Waals surface area contributed by atoms with Gasteiger partial charge in [-0.1, -0.05) is 0 Å². The molecule has 1 aromatic carbocycles. The van der Waals surface area contributed by atoms with E-state index in [-0.39, 0.29) is 15.8 Å². The first-order valence-electron chi connectivity index (χ1n) is 8.38. The third kappa shape index (κ3) is 4.64. The van der Waals surface area contributed by atoms with Crippen molar-refractivity contribution in [1.82, 2.24) is 10.2 Å². The Morgan fingerprint density at radius 3 is 2.63 bits per heavy atom.